The minimum atomic E-state index is -0.370. The van der Waals surface area contributed by atoms with Gasteiger partial charge in [0.05, 0.1) is 31.9 Å². The minimum Gasteiger partial charge on any atom is -0.378 e. The highest BCUT2D eigenvalue weighted by Gasteiger charge is 2.26. The molecule has 7 heteroatoms. The number of nitrogens with one attached hydrogen (secondary N) is 2. The number of ether oxygens (including phenoxy) is 1. The van der Waals surface area contributed by atoms with E-state index < -0.39 is 0 Å². The van der Waals surface area contributed by atoms with Gasteiger partial charge in [-0.3, -0.25) is 9.59 Å². The summed E-state index contributed by atoms with van der Waals surface area (Å²) in [5, 5.41) is 11.6. The molecule has 2 rings (SSSR count). The third-order valence-electron chi connectivity index (χ3n) is 4.21. The molecule has 0 bridgehead atoms. The first-order valence-electron chi connectivity index (χ1n) is 8.00. The summed E-state index contributed by atoms with van der Waals surface area (Å²) in [5.74, 6) is -0.124. The van der Waals surface area contributed by atoms with E-state index in [9.17, 15) is 9.59 Å². The molecule has 1 unspecified atom stereocenters. The maximum absolute atomic E-state index is 12.3. The van der Waals surface area contributed by atoms with Crippen molar-refractivity contribution in [3.63, 3.8) is 0 Å². The fourth-order valence-corrected chi connectivity index (χ4v) is 2.42. The van der Waals surface area contributed by atoms with E-state index in [4.69, 9.17) is 10.00 Å². The lowest BCUT2D eigenvalue weighted by Gasteiger charge is -2.28. The van der Waals surface area contributed by atoms with Crippen LogP contribution in [0, 0.1) is 11.3 Å². The fourth-order valence-electron chi connectivity index (χ4n) is 2.42. The standard InChI is InChI=1S/C17H22N4O3/c1-13(17(23)19-15-5-3-14(11-18)4-6-15)20(2)12-16(22)21-7-9-24-10-8-21/h3-6,13H,7-10,12H2,1-2H3,(H,19,23)/p+1/t13-/m1/s1. The predicted molar refractivity (Wildman–Crippen MR) is 88.4 cm³/mol. The van der Waals surface area contributed by atoms with Crippen molar-refractivity contribution in [3.05, 3.63) is 29.8 Å². The van der Waals surface area contributed by atoms with Crippen LogP contribution < -0.4 is 10.2 Å². The number of hydrogen-bond acceptors (Lipinski definition) is 4. The fraction of sp³-hybridized carbons (Fsp3) is 0.471. The number of benzene rings is 1. The molecule has 2 N–H and O–H groups in total. The Labute approximate surface area is 141 Å². The topological polar surface area (TPSA) is 86.9 Å². The molecular formula is C17H23N4O3+. The van der Waals surface area contributed by atoms with Gasteiger partial charge in [-0.15, -0.1) is 0 Å². The molecule has 24 heavy (non-hydrogen) atoms. The SMILES string of the molecule is C[C@H](C(=O)Nc1ccc(C#N)cc1)[NH+](C)CC(=O)N1CCOCC1. The number of nitrogens with zero attached hydrogens (tertiary/aromatic N) is 2. The molecular weight excluding hydrogens is 308 g/mol. The van der Waals surface area contributed by atoms with Crippen molar-refractivity contribution in [2.45, 2.75) is 13.0 Å². The van der Waals surface area contributed by atoms with Gasteiger partial charge in [0.15, 0.2) is 12.6 Å². The van der Waals surface area contributed by atoms with Gasteiger partial charge in [0.1, 0.15) is 0 Å². The average Bonchev–Trinajstić information content (AvgIpc) is 2.62. The lowest BCUT2D eigenvalue weighted by molar-refractivity contribution is -0.886. The first-order valence-corrected chi connectivity index (χ1v) is 8.00. The summed E-state index contributed by atoms with van der Waals surface area (Å²) in [4.78, 5) is 27.2. The Balaban J connectivity index is 1.86. The molecule has 2 amide bonds. The van der Waals surface area contributed by atoms with E-state index in [2.05, 4.69) is 5.32 Å². The van der Waals surface area contributed by atoms with E-state index in [-0.39, 0.29) is 24.4 Å². The molecule has 7 nitrogen and oxygen atoms in total. The highest BCUT2D eigenvalue weighted by Crippen LogP contribution is 2.08. The van der Waals surface area contributed by atoms with E-state index in [0.717, 1.165) is 4.90 Å². The second-order valence-electron chi connectivity index (χ2n) is 5.92. The zero-order valence-electron chi connectivity index (χ0n) is 14.0. The highest BCUT2D eigenvalue weighted by atomic mass is 16.5. The van der Waals surface area contributed by atoms with Crippen molar-refractivity contribution in [3.8, 4) is 6.07 Å². The quantitative estimate of drug-likeness (QED) is 0.744. The molecule has 0 saturated carbocycles. The van der Waals surface area contributed by atoms with E-state index in [1.165, 1.54) is 0 Å². The second kappa shape index (κ2) is 8.43. The van der Waals surface area contributed by atoms with Gasteiger partial charge in [0, 0.05) is 18.8 Å². The lowest BCUT2D eigenvalue weighted by atomic mass is 10.2. The van der Waals surface area contributed by atoms with Gasteiger partial charge < -0.3 is 19.9 Å². The molecule has 1 aliphatic heterocycles. The minimum absolute atomic E-state index is 0.0359. The maximum atomic E-state index is 12.3. The number of rotatable bonds is 5. The molecule has 0 aliphatic carbocycles. The van der Waals surface area contributed by atoms with Crippen LogP contribution in [0.25, 0.3) is 0 Å². The van der Waals surface area contributed by atoms with Crippen LogP contribution in [-0.2, 0) is 14.3 Å². The van der Waals surface area contributed by atoms with Gasteiger partial charge in [-0.05, 0) is 31.2 Å². The summed E-state index contributed by atoms with van der Waals surface area (Å²) in [7, 11) is 1.83. The Bertz CT molecular complexity index is 618. The van der Waals surface area contributed by atoms with Gasteiger partial charge >= 0.3 is 0 Å². The molecule has 128 valence electrons. The Kier molecular flexibility index (Phi) is 6.29. The average molecular weight is 331 g/mol. The molecule has 1 aromatic carbocycles. The smallest absolute Gasteiger partial charge is 0.282 e. The number of hydrogen-bond donors (Lipinski definition) is 2. The first-order chi connectivity index (χ1) is 11.5. The van der Waals surface area contributed by atoms with Crippen LogP contribution >= 0.6 is 0 Å². The third kappa shape index (κ3) is 4.78. The van der Waals surface area contributed by atoms with Gasteiger partial charge in [0.2, 0.25) is 0 Å². The van der Waals surface area contributed by atoms with Crippen LogP contribution in [0.1, 0.15) is 12.5 Å². The number of carbonyl (C=O) groups excluding carboxylic acids is 2. The molecule has 0 aromatic heterocycles. The van der Waals surface area contributed by atoms with Crippen LogP contribution in [0.15, 0.2) is 24.3 Å². The molecule has 1 saturated heterocycles. The van der Waals surface area contributed by atoms with E-state index in [0.29, 0.717) is 37.6 Å². The summed E-state index contributed by atoms with van der Waals surface area (Å²) in [6.07, 6.45) is 0. The number of anilines is 1. The zero-order valence-corrected chi connectivity index (χ0v) is 14.0. The van der Waals surface area contributed by atoms with E-state index in [1.807, 2.05) is 13.1 Å². The summed E-state index contributed by atoms with van der Waals surface area (Å²) in [5.41, 5.74) is 1.18. The number of quaternary nitrogens is 1. The Morgan fingerprint density at radius 3 is 2.54 bits per heavy atom. The van der Waals surface area contributed by atoms with Crippen LogP contribution in [0.2, 0.25) is 0 Å². The summed E-state index contributed by atoms with van der Waals surface area (Å²) in [6.45, 7) is 4.41. The predicted octanol–water partition coefficient (Wildman–Crippen LogP) is -0.741. The number of amides is 2. The molecule has 2 atom stereocenters. The lowest BCUT2D eigenvalue weighted by Crippen LogP contribution is -3.15. The second-order valence-corrected chi connectivity index (χ2v) is 5.92. The largest absolute Gasteiger partial charge is 0.378 e. The summed E-state index contributed by atoms with van der Waals surface area (Å²) in [6, 6.07) is 8.35. The highest BCUT2D eigenvalue weighted by molar-refractivity contribution is 5.93. The molecule has 0 radical (unpaired) electrons. The van der Waals surface area contributed by atoms with E-state index in [1.54, 1.807) is 36.1 Å². The zero-order chi connectivity index (χ0) is 17.5. The van der Waals surface area contributed by atoms with Crippen molar-refractivity contribution < 1.29 is 19.2 Å². The number of morpholine rings is 1. The van der Waals surface area contributed by atoms with Gasteiger partial charge in [-0.2, -0.15) is 5.26 Å². The normalized spacial score (nSPS) is 16.8. The Morgan fingerprint density at radius 1 is 1.33 bits per heavy atom. The van der Waals surface area contributed by atoms with Crippen LogP contribution in [0.5, 0.6) is 0 Å². The van der Waals surface area contributed by atoms with Crippen molar-refractivity contribution in [2.24, 2.45) is 0 Å². The number of carbonyl (C=O) groups is 2. The summed E-state index contributed by atoms with van der Waals surface area (Å²) < 4.78 is 5.24. The molecule has 0 spiro atoms. The first kappa shape index (κ1) is 17.9. The van der Waals surface area contributed by atoms with Crippen LogP contribution in [0.3, 0.4) is 0 Å². The van der Waals surface area contributed by atoms with Crippen molar-refractivity contribution in [1.29, 1.82) is 5.26 Å². The van der Waals surface area contributed by atoms with Gasteiger partial charge in [-0.25, -0.2) is 0 Å². The Morgan fingerprint density at radius 2 is 1.96 bits per heavy atom. The summed E-state index contributed by atoms with van der Waals surface area (Å²) >= 11 is 0. The van der Waals surface area contributed by atoms with Crippen molar-refractivity contribution in [2.75, 3.05) is 45.2 Å². The monoisotopic (exact) mass is 331 g/mol. The van der Waals surface area contributed by atoms with Crippen molar-refractivity contribution >= 4 is 17.5 Å². The molecule has 1 aromatic rings. The molecule has 1 fully saturated rings. The van der Waals surface area contributed by atoms with Crippen LogP contribution in [-0.4, -0.2) is 62.7 Å². The number of likely N-dealkylation sites (N-methyl/N-ethyl adjacent to an activating group) is 1. The van der Waals surface area contributed by atoms with E-state index >= 15 is 0 Å². The van der Waals surface area contributed by atoms with Crippen LogP contribution in [0.4, 0.5) is 5.69 Å². The molecule has 1 heterocycles. The molecule has 1 aliphatic rings. The van der Waals surface area contributed by atoms with Gasteiger partial charge in [0.25, 0.3) is 11.8 Å². The maximum Gasteiger partial charge on any atom is 0.282 e. The Hall–Kier alpha value is -2.43. The van der Waals surface area contributed by atoms with Crippen molar-refractivity contribution in [1.82, 2.24) is 4.90 Å². The van der Waals surface area contributed by atoms with Gasteiger partial charge in [-0.1, -0.05) is 0 Å². The number of nitriles is 1. The third-order valence-corrected chi connectivity index (χ3v) is 4.21.